The maximum absolute atomic E-state index is 11.0. The summed E-state index contributed by atoms with van der Waals surface area (Å²) in [5, 5.41) is 9.28. The van der Waals surface area contributed by atoms with Gasteiger partial charge in [-0.05, 0) is 12.3 Å². The lowest BCUT2D eigenvalue weighted by Gasteiger charge is -2.03. The smallest absolute Gasteiger partial charge is 0.342 e. The minimum atomic E-state index is -0.441. The van der Waals surface area contributed by atoms with Crippen molar-refractivity contribution in [3.8, 4) is 5.75 Å². The van der Waals surface area contributed by atoms with Crippen LogP contribution in [0.2, 0.25) is 0 Å². The Morgan fingerprint density at radius 1 is 1.58 bits per heavy atom. The summed E-state index contributed by atoms with van der Waals surface area (Å²) in [7, 11) is 0. The molecule has 0 aromatic carbocycles. The minimum absolute atomic E-state index is 0.0277. The number of rotatable bonds is 2. The van der Waals surface area contributed by atoms with Crippen molar-refractivity contribution in [2.45, 2.75) is 20.3 Å². The molecule has 1 aromatic heterocycles. The molecule has 0 radical (unpaired) electrons. The Kier molecular flexibility index (Phi) is 2.53. The first-order valence-electron chi connectivity index (χ1n) is 3.91. The summed E-state index contributed by atoms with van der Waals surface area (Å²) in [5.74, 6) is 0.362. The average molecular weight is 168 g/mol. The number of aromatic hydroxyl groups is 1. The van der Waals surface area contributed by atoms with Crippen LogP contribution in [0, 0.1) is 5.92 Å². The van der Waals surface area contributed by atoms with E-state index in [2.05, 4.69) is 4.42 Å². The maximum Gasteiger partial charge on any atom is 0.342 e. The van der Waals surface area contributed by atoms with Crippen LogP contribution in [0.4, 0.5) is 0 Å². The molecule has 0 aliphatic carbocycles. The number of hydrogen-bond donors (Lipinski definition) is 1. The zero-order chi connectivity index (χ0) is 9.14. The fourth-order valence-corrected chi connectivity index (χ4v) is 1.03. The topological polar surface area (TPSA) is 50.4 Å². The first-order chi connectivity index (χ1) is 5.61. The Bertz CT molecular complexity index is 312. The first kappa shape index (κ1) is 8.84. The highest BCUT2D eigenvalue weighted by molar-refractivity contribution is 5.27. The van der Waals surface area contributed by atoms with E-state index in [4.69, 9.17) is 0 Å². The zero-order valence-corrected chi connectivity index (χ0v) is 7.20. The van der Waals surface area contributed by atoms with Crippen molar-refractivity contribution in [1.29, 1.82) is 0 Å². The molecule has 12 heavy (non-hydrogen) atoms. The van der Waals surface area contributed by atoms with E-state index in [0.717, 1.165) is 0 Å². The summed E-state index contributed by atoms with van der Waals surface area (Å²) in [5.41, 5.74) is -0.0730. The van der Waals surface area contributed by atoms with E-state index in [1.807, 2.05) is 13.8 Å². The van der Waals surface area contributed by atoms with Crippen molar-refractivity contribution in [2.24, 2.45) is 5.92 Å². The van der Waals surface area contributed by atoms with Crippen LogP contribution in [0.15, 0.2) is 21.5 Å². The molecule has 0 atom stereocenters. The molecule has 0 saturated heterocycles. The Balaban J connectivity index is 3.05. The number of hydrogen-bond acceptors (Lipinski definition) is 3. The van der Waals surface area contributed by atoms with Gasteiger partial charge in [-0.3, -0.25) is 0 Å². The van der Waals surface area contributed by atoms with Gasteiger partial charge in [-0.1, -0.05) is 13.8 Å². The highest BCUT2D eigenvalue weighted by Crippen LogP contribution is 2.15. The molecule has 0 amide bonds. The Morgan fingerprint density at radius 3 is 2.75 bits per heavy atom. The monoisotopic (exact) mass is 168 g/mol. The van der Waals surface area contributed by atoms with E-state index in [1.165, 1.54) is 12.3 Å². The first-order valence-corrected chi connectivity index (χ1v) is 3.91. The molecule has 0 fully saturated rings. The van der Waals surface area contributed by atoms with Gasteiger partial charge in [-0.15, -0.1) is 0 Å². The second-order valence-corrected chi connectivity index (χ2v) is 3.17. The van der Waals surface area contributed by atoms with Gasteiger partial charge in [-0.2, -0.15) is 0 Å². The van der Waals surface area contributed by atoms with E-state index in [9.17, 15) is 9.90 Å². The molecular formula is C9H12O3. The van der Waals surface area contributed by atoms with Gasteiger partial charge in [0.2, 0.25) is 0 Å². The molecular weight excluding hydrogens is 156 g/mol. The Labute approximate surface area is 70.7 Å². The van der Waals surface area contributed by atoms with Crippen LogP contribution in [0.3, 0.4) is 0 Å². The predicted molar refractivity (Wildman–Crippen MR) is 45.2 cm³/mol. The van der Waals surface area contributed by atoms with E-state index < -0.39 is 5.63 Å². The summed E-state index contributed by atoms with van der Waals surface area (Å²) >= 11 is 0. The summed E-state index contributed by atoms with van der Waals surface area (Å²) in [6, 6.07) is 1.39. The quantitative estimate of drug-likeness (QED) is 0.728. The van der Waals surface area contributed by atoms with E-state index in [-0.39, 0.29) is 5.75 Å². The third kappa shape index (κ3) is 1.87. The van der Waals surface area contributed by atoms with E-state index in [1.54, 1.807) is 0 Å². The predicted octanol–water partition coefficient (Wildman–Crippen LogP) is 1.54. The molecule has 1 rings (SSSR count). The van der Waals surface area contributed by atoms with Crippen LogP contribution in [0.25, 0.3) is 0 Å². The largest absolute Gasteiger partial charge is 0.507 e. The second-order valence-electron chi connectivity index (χ2n) is 3.17. The van der Waals surface area contributed by atoms with Crippen molar-refractivity contribution in [1.82, 2.24) is 0 Å². The fraction of sp³-hybridized carbons (Fsp3) is 0.444. The molecule has 0 spiro atoms. The Morgan fingerprint density at radius 2 is 2.25 bits per heavy atom. The van der Waals surface area contributed by atoms with Crippen molar-refractivity contribution < 1.29 is 9.52 Å². The van der Waals surface area contributed by atoms with E-state index >= 15 is 0 Å². The molecule has 1 heterocycles. The van der Waals surface area contributed by atoms with Crippen LogP contribution in [0.1, 0.15) is 19.4 Å². The van der Waals surface area contributed by atoms with Gasteiger partial charge in [0.1, 0.15) is 5.75 Å². The van der Waals surface area contributed by atoms with Crippen molar-refractivity contribution >= 4 is 0 Å². The van der Waals surface area contributed by atoms with Gasteiger partial charge in [0.15, 0.2) is 0 Å². The molecule has 0 saturated carbocycles. The third-order valence-electron chi connectivity index (χ3n) is 1.57. The van der Waals surface area contributed by atoms with Crippen molar-refractivity contribution in [2.75, 3.05) is 0 Å². The zero-order valence-electron chi connectivity index (χ0n) is 7.20. The Hall–Kier alpha value is -1.25. The second kappa shape index (κ2) is 3.43. The lowest BCUT2D eigenvalue weighted by molar-refractivity contribution is 0.427. The van der Waals surface area contributed by atoms with E-state index in [0.29, 0.717) is 17.9 Å². The fourth-order valence-electron chi connectivity index (χ4n) is 1.03. The SMILES string of the molecule is CC(C)Cc1c(O)ccoc1=O. The van der Waals surface area contributed by atoms with Crippen LogP contribution in [-0.4, -0.2) is 5.11 Å². The lowest BCUT2D eigenvalue weighted by atomic mass is 10.0. The van der Waals surface area contributed by atoms with Crippen LogP contribution >= 0.6 is 0 Å². The van der Waals surface area contributed by atoms with Gasteiger partial charge in [-0.25, -0.2) is 4.79 Å². The van der Waals surface area contributed by atoms with Crippen LogP contribution < -0.4 is 5.63 Å². The molecule has 0 unspecified atom stereocenters. The van der Waals surface area contributed by atoms with Gasteiger partial charge >= 0.3 is 5.63 Å². The molecule has 0 aliphatic heterocycles. The highest BCUT2D eigenvalue weighted by Gasteiger charge is 2.08. The molecule has 0 bridgehead atoms. The molecule has 1 aromatic rings. The summed E-state index contributed by atoms with van der Waals surface area (Å²) in [4.78, 5) is 11.0. The van der Waals surface area contributed by atoms with Gasteiger partial charge in [0.25, 0.3) is 0 Å². The van der Waals surface area contributed by atoms with Gasteiger partial charge < -0.3 is 9.52 Å². The third-order valence-corrected chi connectivity index (χ3v) is 1.57. The maximum atomic E-state index is 11.0. The summed E-state index contributed by atoms with van der Waals surface area (Å²) < 4.78 is 4.62. The van der Waals surface area contributed by atoms with Gasteiger partial charge in [0.05, 0.1) is 11.8 Å². The molecule has 66 valence electrons. The normalized spacial score (nSPS) is 10.6. The minimum Gasteiger partial charge on any atom is -0.507 e. The van der Waals surface area contributed by atoms with Crippen LogP contribution in [0.5, 0.6) is 5.75 Å². The van der Waals surface area contributed by atoms with Crippen molar-refractivity contribution in [3.05, 3.63) is 28.3 Å². The molecule has 3 heteroatoms. The lowest BCUT2D eigenvalue weighted by Crippen LogP contribution is -2.09. The molecule has 1 N–H and O–H groups in total. The standard InChI is InChI=1S/C9H12O3/c1-6(2)5-7-8(10)3-4-12-9(7)11/h3-4,6,10H,5H2,1-2H3. The molecule has 3 nitrogen and oxygen atoms in total. The summed E-state index contributed by atoms with van der Waals surface area (Å²) in [6.45, 7) is 3.96. The highest BCUT2D eigenvalue weighted by atomic mass is 16.4. The van der Waals surface area contributed by atoms with Crippen molar-refractivity contribution in [3.63, 3.8) is 0 Å². The summed E-state index contributed by atoms with van der Waals surface area (Å²) in [6.07, 6.45) is 1.75. The van der Waals surface area contributed by atoms with Gasteiger partial charge in [0, 0.05) is 6.07 Å². The molecule has 0 aliphatic rings. The van der Waals surface area contributed by atoms with Crippen LogP contribution in [-0.2, 0) is 6.42 Å². The average Bonchev–Trinajstić information content (AvgIpc) is 1.97.